The summed E-state index contributed by atoms with van der Waals surface area (Å²) in [5.41, 5.74) is 1.46. The van der Waals surface area contributed by atoms with E-state index in [0.29, 0.717) is 18.2 Å². The third kappa shape index (κ3) is 3.56. The summed E-state index contributed by atoms with van der Waals surface area (Å²) in [5, 5.41) is 16.2. The first kappa shape index (κ1) is 13.7. The van der Waals surface area contributed by atoms with Gasteiger partial charge in [0.05, 0.1) is 11.8 Å². The quantitative estimate of drug-likeness (QED) is 0.809. The van der Waals surface area contributed by atoms with Crippen molar-refractivity contribution in [2.45, 2.75) is 46.3 Å². The highest BCUT2D eigenvalue weighted by Gasteiger charge is 2.16. The number of rotatable bonds is 5. The standard InChI is InChI=1S/C12H21N3O2/c1-5-15-11(6-10(14-15)8(2)3)12(17)13-7-9(4)16/h6,8-9,16H,5,7H2,1-4H3,(H,13,17)/t9-/m1/s1. The third-order valence-corrected chi connectivity index (χ3v) is 2.48. The number of aliphatic hydroxyl groups is 1. The first-order valence-corrected chi connectivity index (χ1v) is 5.99. The van der Waals surface area contributed by atoms with Crippen molar-refractivity contribution >= 4 is 5.91 Å². The second-order valence-electron chi connectivity index (χ2n) is 4.48. The Kier molecular flexibility index (Phi) is 4.69. The lowest BCUT2D eigenvalue weighted by atomic mass is 10.1. The monoisotopic (exact) mass is 239 g/mol. The summed E-state index contributed by atoms with van der Waals surface area (Å²) >= 11 is 0. The average molecular weight is 239 g/mol. The number of nitrogens with zero attached hydrogens (tertiary/aromatic N) is 2. The van der Waals surface area contributed by atoms with Gasteiger partial charge in [-0.15, -0.1) is 0 Å². The van der Waals surface area contributed by atoms with E-state index in [9.17, 15) is 4.79 Å². The molecule has 0 fully saturated rings. The Labute approximate surface area is 102 Å². The van der Waals surface area contributed by atoms with Crippen LogP contribution in [0.5, 0.6) is 0 Å². The summed E-state index contributed by atoms with van der Waals surface area (Å²) < 4.78 is 1.69. The molecule has 0 aromatic carbocycles. The molecule has 1 heterocycles. The molecule has 1 atom stereocenters. The molecule has 0 radical (unpaired) electrons. The molecule has 5 heteroatoms. The van der Waals surface area contributed by atoms with Crippen LogP contribution in [0.2, 0.25) is 0 Å². The molecule has 1 rings (SSSR count). The fourth-order valence-electron chi connectivity index (χ4n) is 1.47. The zero-order valence-electron chi connectivity index (χ0n) is 10.9. The molecular weight excluding hydrogens is 218 g/mol. The van der Waals surface area contributed by atoms with E-state index in [1.54, 1.807) is 11.6 Å². The molecule has 0 spiro atoms. The molecule has 5 nitrogen and oxygen atoms in total. The molecule has 1 aromatic rings. The maximum absolute atomic E-state index is 11.9. The highest BCUT2D eigenvalue weighted by atomic mass is 16.3. The number of carbonyl (C=O) groups excluding carboxylic acids is 1. The molecule has 0 aliphatic heterocycles. The lowest BCUT2D eigenvalue weighted by Crippen LogP contribution is -2.32. The molecular formula is C12H21N3O2. The van der Waals surface area contributed by atoms with Crippen LogP contribution >= 0.6 is 0 Å². The van der Waals surface area contributed by atoms with Crippen LogP contribution in [0.3, 0.4) is 0 Å². The highest BCUT2D eigenvalue weighted by molar-refractivity contribution is 5.92. The largest absolute Gasteiger partial charge is 0.392 e. The number of hydrogen-bond donors (Lipinski definition) is 2. The van der Waals surface area contributed by atoms with Crippen LogP contribution in [0.25, 0.3) is 0 Å². The van der Waals surface area contributed by atoms with Crippen LogP contribution < -0.4 is 5.32 Å². The number of carbonyl (C=O) groups is 1. The van der Waals surface area contributed by atoms with Gasteiger partial charge in [-0.3, -0.25) is 9.48 Å². The Hall–Kier alpha value is -1.36. The minimum absolute atomic E-state index is 0.188. The van der Waals surface area contributed by atoms with Gasteiger partial charge in [-0.1, -0.05) is 13.8 Å². The van der Waals surface area contributed by atoms with Crippen molar-refractivity contribution in [2.24, 2.45) is 0 Å². The maximum atomic E-state index is 11.9. The predicted molar refractivity (Wildman–Crippen MR) is 66.0 cm³/mol. The third-order valence-electron chi connectivity index (χ3n) is 2.48. The van der Waals surface area contributed by atoms with Crippen molar-refractivity contribution in [3.05, 3.63) is 17.5 Å². The molecule has 0 bridgehead atoms. The van der Waals surface area contributed by atoms with E-state index >= 15 is 0 Å². The van der Waals surface area contributed by atoms with E-state index in [4.69, 9.17) is 5.11 Å². The van der Waals surface area contributed by atoms with Gasteiger partial charge in [-0.05, 0) is 25.8 Å². The molecule has 17 heavy (non-hydrogen) atoms. The van der Waals surface area contributed by atoms with E-state index in [0.717, 1.165) is 5.69 Å². The second-order valence-corrected chi connectivity index (χ2v) is 4.48. The van der Waals surface area contributed by atoms with Gasteiger partial charge < -0.3 is 10.4 Å². The first-order chi connectivity index (χ1) is 7.95. The lowest BCUT2D eigenvalue weighted by Gasteiger charge is -2.07. The fraction of sp³-hybridized carbons (Fsp3) is 0.667. The van der Waals surface area contributed by atoms with E-state index in [1.807, 2.05) is 26.8 Å². The Morgan fingerprint density at radius 2 is 2.18 bits per heavy atom. The molecule has 2 N–H and O–H groups in total. The minimum Gasteiger partial charge on any atom is -0.392 e. The van der Waals surface area contributed by atoms with Crippen molar-refractivity contribution in [3.63, 3.8) is 0 Å². The minimum atomic E-state index is -0.540. The van der Waals surface area contributed by atoms with Crippen molar-refractivity contribution in [2.75, 3.05) is 6.54 Å². The van der Waals surface area contributed by atoms with Gasteiger partial charge >= 0.3 is 0 Å². The first-order valence-electron chi connectivity index (χ1n) is 5.99. The summed E-state index contributed by atoms with van der Waals surface area (Å²) in [5.74, 6) is 0.110. The summed E-state index contributed by atoms with van der Waals surface area (Å²) in [6.45, 7) is 8.58. The van der Waals surface area contributed by atoms with E-state index in [2.05, 4.69) is 10.4 Å². The van der Waals surface area contributed by atoms with Gasteiger partial charge in [0.1, 0.15) is 5.69 Å². The topological polar surface area (TPSA) is 67.2 Å². The Morgan fingerprint density at radius 1 is 1.53 bits per heavy atom. The fourth-order valence-corrected chi connectivity index (χ4v) is 1.47. The summed E-state index contributed by atoms with van der Waals surface area (Å²) in [7, 11) is 0. The van der Waals surface area contributed by atoms with E-state index < -0.39 is 6.10 Å². The van der Waals surface area contributed by atoms with Crippen molar-refractivity contribution in [1.29, 1.82) is 0 Å². The van der Waals surface area contributed by atoms with Crippen LogP contribution in [0.15, 0.2) is 6.07 Å². The molecule has 96 valence electrons. The molecule has 0 aliphatic carbocycles. The highest BCUT2D eigenvalue weighted by Crippen LogP contribution is 2.14. The average Bonchev–Trinajstić information content (AvgIpc) is 2.69. The SMILES string of the molecule is CCn1nc(C(C)C)cc1C(=O)NC[C@@H](C)O. The Morgan fingerprint density at radius 3 is 2.65 bits per heavy atom. The molecule has 0 unspecified atom stereocenters. The summed E-state index contributed by atoms with van der Waals surface area (Å²) in [6.07, 6.45) is -0.540. The van der Waals surface area contributed by atoms with Crippen LogP contribution in [0, 0.1) is 0 Å². The molecule has 1 amide bonds. The second kappa shape index (κ2) is 5.82. The Bertz CT molecular complexity index is 383. The number of amides is 1. The van der Waals surface area contributed by atoms with Crippen molar-refractivity contribution in [3.8, 4) is 0 Å². The van der Waals surface area contributed by atoms with E-state index in [-0.39, 0.29) is 12.5 Å². The van der Waals surface area contributed by atoms with Crippen LogP contribution in [-0.4, -0.2) is 33.4 Å². The maximum Gasteiger partial charge on any atom is 0.269 e. The summed E-state index contributed by atoms with van der Waals surface area (Å²) in [4.78, 5) is 11.9. The van der Waals surface area contributed by atoms with Crippen molar-refractivity contribution in [1.82, 2.24) is 15.1 Å². The predicted octanol–water partition coefficient (Wildman–Crippen LogP) is 1.14. The van der Waals surface area contributed by atoms with Crippen LogP contribution in [-0.2, 0) is 6.54 Å². The van der Waals surface area contributed by atoms with Crippen LogP contribution in [0.4, 0.5) is 0 Å². The van der Waals surface area contributed by atoms with Gasteiger partial charge in [0.2, 0.25) is 0 Å². The zero-order valence-corrected chi connectivity index (χ0v) is 10.9. The zero-order chi connectivity index (χ0) is 13.0. The molecule has 0 saturated carbocycles. The molecule has 0 aliphatic rings. The van der Waals surface area contributed by atoms with Gasteiger partial charge in [0.25, 0.3) is 5.91 Å². The smallest absolute Gasteiger partial charge is 0.269 e. The van der Waals surface area contributed by atoms with Gasteiger partial charge in [0.15, 0.2) is 0 Å². The van der Waals surface area contributed by atoms with Gasteiger partial charge in [-0.25, -0.2) is 0 Å². The lowest BCUT2D eigenvalue weighted by molar-refractivity contribution is 0.0913. The van der Waals surface area contributed by atoms with Gasteiger partial charge in [0, 0.05) is 13.1 Å². The van der Waals surface area contributed by atoms with E-state index in [1.165, 1.54) is 0 Å². The van der Waals surface area contributed by atoms with Crippen LogP contribution in [0.1, 0.15) is 49.8 Å². The Balaban J connectivity index is 2.84. The number of hydrogen-bond acceptors (Lipinski definition) is 3. The summed E-state index contributed by atoms with van der Waals surface area (Å²) in [6, 6.07) is 1.81. The molecule has 1 aromatic heterocycles. The number of aryl methyl sites for hydroxylation is 1. The molecule has 0 saturated heterocycles. The number of aliphatic hydroxyl groups excluding tert-OH is 1. The number of aromatic nitrogens is 2. The van der Waals surface area contributed by atoms with Gasteiger partial charge in [-0.2, -0.15) is 5.10 Å². The number of nitrogens with one attached hydrogen (secondary N) is 1. The normalized spacial score (nSPS) is 12.8. The van der Waals surface area contributed by atoms with Crippen molar-refractivity contribution < 1.29 is 9.90 Å².